The lowest BCUT2D eigenvalue weighted by Gasteiger charge is -2.14. The van der Waals surface area contributed by atoms with Crippen LogP contribution in [0.2, 0.25) is 5.02 Å². The van der Waals surface area contributed by atoms with Crippen molar-refractivity contribution in [2.45, 2.75) is 18.7 Å². The number of halogens is 2. The Labute approximate surface area is 130 Å². The first-order valence-electron chi connectivity index (χ1n) is 5.96. The van der Waals surface area contributed by atoms with Crippen molar-refractivity contribution in [3.05, 3.63) is 23.2 Å². The molecule has 1 amide bonds. The quantitative estimate of drug-likeness (QED) is 0.785. The van der Waals surface area contributed by atoms with Gasteiger partial charge in [0.05, 0.1) is 5.69 Å². The van der Waals surface area contributed by atoms with Gasteiger partial charge in [0.15, 0.2) is 0 Å². The monoisotopic (exact) mass is 322 g/mol. The number of benzene rings is 1. The summed E-state index contributed by atoms with van der Waals surface area (Å²) in [5, 5.41) is 6.56. The predicted octanol–water partition coefficient (Wildman–Crippen LogP) is 3.67. The summed E-state index contributed by atoms with van der Waals surface area (Å²) in [5.74, 6) is 0.884. The highest BCUT2D eigenvalue weighted by atomic mass is 35.5. The van der Waals surface area contributed by atoms with Crippen LogP contribution in [0.25, 0.3) is 0 Å². The average Bonchev–Trinajstić information content (AvgIpc) is 2.33. The van der Waals surface area contributed by atoms with Crippen molar-refractivity contribution in [3.63, 3.8) is 0 Å². The van der Waals surface area contributed by atoms with Gasteiger partial charge in [0, 0.05) is 22.4 Å². The zero-order valence-corrected chi connectivity index (χ0v) is 13.7. The van der Waals surface area contributed by atoms with Crippen molar-refractivity contribution in [1.29, 1.82) is 0 Å². The second kappa shape index (κ2) is 9.48. The summed E-state index contributed by atoms with van der Waals surface area (Å²) >= 11 is 7.66. The number of rotatable bonds is 6. The molecule has 0 aromatic heterocycles. The highest BCUT2D eigenvalue weighted by molar-refractivity contribution is 7.99. The summed E-state index contributed by atoms with van der Waals surface area (Å²) < 4.78 is 0. The van der Waals surface area contributed by atoms with Crippen LogP contribution >= 0.6 is 35.8 Å². The van der Waals surface area contributed by atoms with Gasteiger partial charge < -0.3 is 10.6 Å². The smallest absolute Gasteiger partial charge is 0.228 e. The number of hydrogen-bond donors (Lipinski definition) is 2. The van der Waals surface area contributed by atoms with Gasteiger partial charge in [0.1, 0.15) is 0 Å². The first-order chi connectivity index (χ1) is 8.58. The average molecular weight is 323 g/mol. The maximum atomic E-state index is 12.0. The zero-order chi connectivity index (χ0) is 13.5. The van der Waals surface area contributed by atoms with Crippen molar-refractivity contribution < 1.29 is 4.79 Å². The molecule has 19 heavy (non-hydrogen) atoms. The molecule has 0 saturated carbocycles. The van der Waals surface area contributed by atoms with E-state index in [1.165, 1.54) is 0 Å². The first-order valence-corrected chi connectivity index (χ1v) is 7.32. The molecule has 6 heteroatoms. The largest absolute Gasteiger partial charge is 0.325 e. The number of carbonyl (C=O) groups excluding carboxylic acids is 1. The molecule has 1 unspecified atom stereocenters. The van der Waals surface area contributed by atoms with Crippen LogP contribution in [0.15, 0.2) is 23.1 Å². The van der Waals surface area contributed by atoms with Crippen LogP contribution in [-0.2, 0) is 4.79 Å². The minimum Gasteiger partial charge on any atom is -0.325 e. The maximum Gasteiger partial charge on any atom is 0.228 e. The molecule has 0 heterocycles. The predicted molar refractivity (Wildman–Crippen MR) is 86.8 cm³/mol. The van der Waals surface area contributed by atoms with Crippen LogP contribution in [0.5, 0.6) is 0 Å². The van der Waals surface area contributed by atoms with Crippen LogP contribution < -0.4 is 10.6 Å². The molecule has 1 aromatic carbocycles. The van der Waals surface area contributed by atoms with Gasteiger partial charge in [-0.05, 0) is 31.0 Å². The molecule has 0 radical (unpaired) electrons. The van der Waals surface area contributed by atoms with E-state index in [-0.39, 0.29) is 24.2 Å². The highest BCUT2D eigenvalue weighted by Gasteiger charge is 2.14. The molecule has 3 nitrogen and oxygen atoms in total. The minimum atomic E-state index is -0.0755. The lowest BCUT2D eigenvalue weighted by molar-refractivity contribution is -0.119. The maximum absolute atomic E-state index is 12.0. The third kappa shape index (κ3) is 6.04. The van der Waals surface area contributed by atoms with Crippen LogP contribution in [0.4, 0.5) is 5.69 Å². The minimum absolute atomic E-state index is 0. The van der Waals surface area contributed by atoms with Gasteiger partial charge in [-0.15, -0.1) is 24.2 Å². The molecule has 0 aliphatic rings. The molecule has 0 saturated heterocycles. The van der Waals surface area contributed by atoms with Crippen molar-refractivity contribution in [3.8, 4) is 0 Å². The normalized spacial score (nSPS) is 11.6. The van der Waals surface area contributed by atoms with Gasteiger partial charge in [-0.2, -0.15) is 0 Å². The van der Waals surface area contributed by atoms with Gasteiger partial charge in [-0.25, -0.2) is 0 Å². The second-order valence-corrected chi connectivity index (χ2v) is 5.76. The summed E-state index contributed by atoms with van der Waals surface area (Å²) in [5.41, 5.74) is 0.794. The van der Waals surface area contributed by atoms with Gasteiger partial charge in [-0.1, -0.05) is 25.4 Å². The summed E-state index contributed by atoms with van der Waals surface area (Å²) in [6, 6.07) is 5.57. The zero-order valence-electron chi connectivity index (χ0n) is 11.3. The number of anilines is 1. The Hall–Kier alpha value is -0.420. The third-order valence-corrected chi connectivity index (χ3v) is 3.65. The Balaban J connectivity index is 0.00000324. The van der Waals surface area contributed by atoms with Gasteiger partial charge >= 0.3 is 0 Å². The summed E-state index contributed by atoms with van der Waals surface area (Å²) in [4.78, 5) is 13.0. The van der Waals surface area contributed by atoms with Crippen molar-refractivity contribution in [2.24, 2.45) is 5.92 Å². The summed E-state index contributed by atoms with van der Waals surface area (Å²) in [7, 11) is 1.83. The summed E-state index contributed by atoms with van der Waals surface area (Å²) in [6.45, 7) is 4.63. The molecule has 1 aromatic rings. The van der Waals surface area contributed by atoms with Crippen LogP contribution in [0, 0.1) is 5.92 Å². The third-order valence-electron chi connectivity index (χ3n) is 2.46. The van der Waals surface area contributed by atoms with E-state index in [1.807, 2.05) is 26.1 Å². The van der Waals surface area contributed by atoms with E-state index in [9.17, 15) is 4.79 Å². The van der Waals surface area contributed by atoms with E-state index < -0.39 is 0 Å². The Morgan fingerprint density at radius 1 is 1.47 bits per heavy atom. The fraction of sp³-hybridized carbons (Fsp3) is 0.462. The fourth-order valence-electron chi connectivity index (χ4n) is 1.54. The van der Waals surface area contributed by atoms with Crippen molar-refractivity contribution in [2.75, 3.05) is 24.7 Å². The molecule has 0 aliphatic heterocycles. The van der Waals surface area contributed by atoms with E-state index in [0.29, 0.717) is 11.6 Å². The van der Waals surface area contributed by atoms with Crippen molar-refractivity contribution >= 4 is 47.4 Å². The molecule has 1 atom stereocenters. The molecule has 0 fully saturated rings. The fourth-order valence-corrected chi connectivity index (χ4v) is 2.45. The van der Waals surface area contributed by atoms with Crippen LogP contribution in [0.1, 0.15) is 13.8 Å². The molecule has 108 valence electrons. The molecule has 0 bridgehead atoms. The Morgan fingerprint density at radius 3 is 2.74 bits per heavy atom. The number of amides is 1. The van der Waals surface area contributed by atoms with E-state index in [0.717, 1.165) is 16.3 Å². The van der Waals surface area contributed by atoms with E-state index in [2.05, 4.69) is 17.6 Å². The van der Waals surface area contributed by atoms with Gasteiger partial charge in [0.2, 0.25) is 5.91 Å². The lowest BCUT2D eigenvalue weighted by Crippen LogP contribution is -2.28. The molecular formula is C13H20Cl2N2OS. The SMILES string of the molecule is CCSc1ccc(Cl)cc1NC(=O)C(C)CNC.Cl. The number of thioether (sulfide) groups is 1. The first kappa shape index (κ1) is 18.6. The highest BCUT2D eigenvalue weighted by Crippen LogP contribution is 2.30. The Kier molecular flexibility index (Phi) is 9.27. The van der Waals surface area contributed by atoms with Crippen LogP contribution in [-0.4, -0.2) is 25.3 Å². The summed E-state index contributed by atoms with van der Waals surface area (Å²) in [6.07, 6.45) is 0. The molecule has 0 aliphatic carbocycles. The molecule has 0 spiro atoms. The number of hydrogen-bond acceptors (Lipinski definition) is 3. The van der Waals surface area contributed by atoms with Gasteiger partial charge in [0.25, 0.3) is 0 Å². The number of nitrogens with one attached hydrogen (secondary N) is 2. The second-order valence-electron chi connectivity index (χ2n) is 4.02. The molecular weight excluding hydrogens is 303 g/mol. The number of carbonyl (C=O) groups is 1. The van der Waals surface area contributed by atoms with Crippen molar-refractivity contribution in [1.82, 2.24) is 5.32 Å². The van der Waals surface area contributed by atoms with E-state index in [1.54, 1.807) is 17.8 Å². The van der Waals surface area contributed by atoms with E-state index in [4.69, 9.17) is 11.6 Å². The lowest BCUT2D eigenvalue weighted by atomic mass is 10.1. The topological polar surface area (TPSA) is 41.1 Å². The molecule has 1 rings (SSSR count). The standard InChI is InChI=1S/C13H19ClN2OS.ClH/c1-4-18-12-6-5-10(14)7-11(12)16-13(17)9(2)8-15-3;/h5-7,9,15H,4,8H2,1-3H3,(H,16,17);1H. The Morgan fingerprint density at radius 2 is 2.16 bits per heavy atom. The van der Waals surface area contributed by atoms with E-state index >= 15 is 0 Å². The van der Waals surface area contributed by atoms with Gasteiger partial charge in [-0.3, -0.25) is 4.79 Å². The van der Waals surface area contributed by atoms with Crippen LogP contribution in [0.3, 0.4) is 0 Å². The Bertz CT molecular complexity index is 416. The molecule has 2 N–H and O–H groups in total.